The molecule has 2 heterocycles. The molecule has 2 saturated heterocycles. The van der Waals surface area contributed by atoms with Gasteiger partial charge in [-0.15, -0.1) is 35.3 Å². The van der Waals surface area contributed by atoms with Crippen LogP contribution in [0.2, 0.25) is 0 Å². The maximum atomic E-state index is 5.50. The molecule has 1 radical (unpaired) electrons. The van der Waals surface area contributed by atoms with Gasteiger partial charge in [-0.25, -0.2) is 0 Å². The zero-order valence-corrected chi connectivity index (χ0v) is 11.2. The monoisotopic (exact) mass is 249 g/mol. The predicted octanol–water partition coefficient (Wildman–Crippen LogP) is 3.60. The Labute approximate surface area is 99.5 Å². The van der Waals surface area contributed by atoms with E-state index in [0.717, 1.165) is 17.3 Å². The standard InChI is InChI=1S/C10H17OS3/c1-8-11-5-4-9(14-8)10(2)12-6-3-7-13-10/h9H,3-7H2,1-2H3. The third kappa shape index (κ3) is 2.57. The molecule has 0 N–H and O–H groups in total. The van der Waals surface area contributed by atoms with E-state index in [0.29, 0.717) is 4.08 Å². The molecule has 4 heteroatoms. The fourth-order valence-corrected chi connectivity index (χ4v) is 6.50. The molecule has 1 nitrogen and oxygen atoms in total. The first kappa shape index (κ1) is 11.5. The molecule has 0 bridgehead atoms. The first-order valence-corrected chi connectivity index (χ1v) is 7.97. The molecule has 0 saturated carbocycles. The minimum Gasteiger partial charge on any atom is -0.361 e. The van der Waals surface area contributed by atoms with E-state index in [9.17, 15) is 0 Å². The lowest BCUT2D eigenvalue weighted by molar-refractivity contribution is 0.174. The quantitative estimate of drug-likeness (QED) is 0.702. The highest BCUT2D eigenvalue weighted by Crippen LogP contribution is 2.52. The number of ether oxygens (including phenoxy) is 1. The van der Waals surface area contributed by atoms with E-state index in [1.54, 1.807) is 0 Å². The highest BCUT2D eigenvalue weighted by molar-refractivity contribution is 8.20. The van der Waals surface area contributed by atoms with Crippen molar-refractivity contribution in [1.82, 2.24) is 0 Å². The summed E-state index contributed by atoms with van der Waals surface area (Å²) in [5.41, 5.74) is 1.16. The first-order valence-electron chi connectivity index (χ1n) is 5.12. The molecular weight excluding hydrogens is 232 g/mol. The second-order valence-corrected chi connectivity index (χ2v) is 8.53. The van der Waals surface area contributed by atoms with Gasteiger partial charge in [-0.3, -0.25) is 0 Å². The van der Waals surface area contributed by atoms with Crippen LogP contribution in [-0.2, 0) is 4.74 Å². The molecule has 14 heavy (non-hydrogen) atoms. The highest BCUT2D eigenvalue weighted by atomic mass is 32.2. The second kappa shape index (κ2) is 4.89. The average Bonchev–Trinajstić information content (AvgIpc) is 2.19. The molecule has 2 aliphatic heterocycles. The fraction of sp³-hybridized carbons (Fsp3) is 0.900. The lowest BCUT2D eigenvalue weighted by atomic mass is 10.2. The van der Waals surface area contributed by atoms with Crippen LogP contribution >= 0.6 is 35.3 Å². The number of rotatable bonds is 1. The van der Waals surface area contributed by atoms with E-state index >= 15 is 0 Å². The number of hydrogen-bond donors (Lipinski definition) is 0. The van der Waals surface area contributed by atoms with E-state index in [1.165, 1.54) is 24.3 Å². The van der Waals surface area contributed by atoms with Gasteiger partial charge in [0.05, 0.1) is 4.08 Å². The van der Waals surface area contributed by atoms with Gasteiger partial charge in [-0.2, -0.15) is 0 Å². The Balaban J connectivity index is 1.97. The van der Waals surface area contributed by atoms with Gasteiger partial charge < -0.3 is 4.74 Å². The molecule has 0 aromatic heterocycles. The molecule has 1 atom stereocenters. The summed E-state index contributed by atoms with van der Waals surface area (Å²) in [5, 5.41) is 0.742. The summed E-state index contributed by atoms with van der Waals surface area (Å²) in [6, 6.07) is 0. The van der Waals surface area contributed by atoms with E-state index in [-0.39, 0.29) is 0 Å². The molecule has 81 valence electrons. The Kier molecular flexibility index (Phi) is 4.02. The fourth-order valence-electron chi connectivity index (χ4n) is 1.81. The van der Waals surface area contributed by atoms with E-state index in [4.69, 9.17) is 4.74 Å². The van der Waals surface area contributed by atoms with Gasteiger partial charge in [0.1, 0.15) is 5.44 Å². The predicted molar refractivity (Wildman–Crippen MR) is 68.8 cm³/mol. The van der Waals surface area contributed by atoms with Crippen LogP contribution < -0.4 is 0 Å². The normalized spacial score (nSPS) is 34.3. The summed E-state index contributed by atoms with van der Waals surface area (Å²) < 4.78 is 5.93. The molecule has 0 aromatic rings. The number of hydrogen-bond acceptors (Lipinski definition) is 4. The van der Waals surface area contributed by atoms with Gasteiger partial charge >= 0.3 is 0 Å². The average molecular weight is 249 g/mol. The molecule has 2 rings (SSSR count). The largest absolute Gasteiger partial charge is 0.361 e. The molecule has 0 spiro atoms. The lowest BCUT2D eigenvalue weighted by Gasteiger charge is -2.41. The van der Waals surface area contributed by atoms with Crippen molar-refractivity contribution < 1.29 is 4.74 Å². The molecule has 1 unspecified atom stereocenters. The minimum atomic E-state index is 0.425. The van der Waals surface area contributed by atoms with Crippen molar-refractivity contribution in [3.05, 3.63) is 5.44 Å². The van der Waals surface area contributed by atoms with Gasteiger partial charge in [0.2, 0.25) is 0 Å². The van der Waals surface area contributed by atoms with Crippen LogP contribution in [0.25, 0.3) is 0 Å². The minimum absolute atomic E-state index is 0.425. The van der Waals surface area contributed by atoms with Crippen LogP contribution in [0.5, 0.6) is 0 Å². The highest BCUT2D eigenvalue weighted by Gasteiger charge is 2.40. The Morgan fingerprint density at radius 1 is 1.36 bits per heavy atom. The summed E-state index contributed by atoms with van der Waals surface area (Å²) in [6.07, 6.45) is 2.58. The van der Waals surface area contributed by atoms with E-state index < -0.39 is 0 Å². The second-order valence-electron chi connectivity index (χ2n) is 3.80. The van der Waals surface area contributed by atoms with Crippen LogP contribution in [-0.4, -0.2) is 27.4 Å². The third-order valence-corrected chi connectivity index (χ3v) is 7.79. The molecule has 0 amide bonds. The smallest absolute Gasteiger partial charge is 0.149 e. The van der Waals surface area contributed by atoms with Crippen molar-refractivity contribution in [2.24, 2.45) is 0 Å². The lowest BCUT2D eigenvalue weighted by Crippen LogP contribution is -2.37. The SMILES string of the molecule is C[C]1OCCC(C2(C)SCCCS2)S1. The molecule has 0 aliphatic carbocycles. The van der Waals surface area contributed by atoms with Crippen LogP contribution in [0.3, 0.4) is 0 Å². The topological polar surface area (TPSA) is 9.23 Å². The van der Waals surface area contributed by atoms with Crippen LogP contribution in [0, 0.1) is 5.44 Å². The van der Waals surface area contributed by atoms with Gasteiger partial charge in [0.15, 0.2) is 0 Å². The maximum Gasteiger partial charge on any atom is 0.149 e. The summed E-state index contributed by atoms with van der Waals surface area (Å²) in [7, 11) is 0. The Bertz CT molecular complexity index is 192. The van der Waals surface area contributed by atoms with Gasteiger partial charge in [-0.1, -0.05) is 0 Å². The molecule has 2 fully saturated rings. The molecular formula is C10H17OS3. The van der Waals surface area contributed by atoms with Gasteiger partial charge in [0, 0.05) is 11.9 Å². The zero-order valence-electron chi connectivity index (χ0n) is 8.75. The Morgan fingerprint density at radius 2 is 2.07 bits per heavy atom. The molecule has 2 aliphatic rings. The van der Waals surface area contributed by atoms with Crippen molar-refractivity contribution in [1.29, 1.82) is 0 Å². The Morgan fingerprint density at radius 3 is 2.71 bits per heavy atom. The molecule has 0 aromatic carbocycles. The summed E-state index contributed by atoms with van der Waals surface area (Å²) in [4.78, 5) is 0. The van der Waals surface area contributed by atoms with Crippen molar-refractivity contribution in [3.8, 4) is 0 Å². The van der Waals surface area contributed by atoms with Gasteiger partial charge in [0.25, 0.3) is 0 Å². The Hall–Kier alpha value is 1.01. The van der Waals surface area contributed by atoms with Crippen LogP contribution in [0.1, 0.15) is 26.7 Å². The summed E-state index contributed by atoms with van der Waals surface area (Å²) >= 11 is 6.24. The third-order valence-electron chi connectivity index (χ3n) is 2.64. The first-order chi connectivity index (χ1) is 6.71. The van der Waals surface area contributed by atoms with E-state index in [1.807, 2.05) is 11.8 Å². The maximum absolute atomic E-state index is 5.50. The van der Waals surface area contributed by atoms with Crippen LogP contribution in [0.4, 0.5) is 0 Å². The van der Waals surface area contributed by atoms with Crippen molar-refractivity contribution in [2.75, 3.05) is 18.1 Å². The van der Waals surface area contributed by atoms with Crippen molar-refractivity contribution in [2.45, 2.75) is 36.0 Å². The zero-order chi connectivity index (χ0) is 10.0. The van der Waals surface area contributed by atoms with Crippen molar-refractivity contribution in [3.63, 3.8) is 0 Å². The summed E-state index contributed by atoms with van der Waals surface area (Å²) in [6.45, 7) is 5.43. The van der Waals surface area contributed by atoms with Crippen LogP contribution in [0.15, 0.2) is 0 Å². The van der Waals surface area contributed by atoms with Crippen molar-refractivity contribution >= 4 is 35.3 Å². The van der Waals surface area contributed by atoms with E-state index in [2.05, 4.69) is 37.4 Å². The summed E-state index contributed by atoms with van der Waals surface area (Å²) in [5.74, 6) is 2.67. The number of thioether (sulfide) groups is 3. The van der Waals surface area contributed by atoms with Gasteiger partial charge in [-0.05, 0) is 38.2 Å².